The van der Waals surface area contributed by atoms with Gasteiger partial charge in [-0.3, -0.25) is 0 Å². The fraction of sp³-hybridized carbons (Fsp3) is 0.263. The summed E-state index contributed by atoms with van der Waals surface area (Å²) in [6, 6.07) is 9.77. The molecule has 11 heteroatoms. The highest BCUT2D eigenvalue weighted by Crippen LogP contribution is 2.28. The lowest BCUT2D eigenvalue weighted by Crippen LogP contribution is -2.36. The molecular weight excluding hydrogens is 423 g/mol. The highest BCUT2D eigenvalue weighted by molar-refractivity contribution is 7.89. The molecular formula is C19H18F3N3O4S. The lowest BCUT2D eigenvalue weighted by Gasteiger charge is -2.15. The number of sulfonamides is 1. The average Bonchev–Trinajstić information content (AvgIpc) is 3.06. The van der Waals surface area contributed by atoms with Gasteiger partial charge in [0.1, 0.15) is 11.8 Å². The Morgan fingerprint density at radius 2 is 1.90 bits per heavy atom. The van der Waals surface area contributed by atoms with Crippen molar-refractivity contribution in [2.75, 3.05) is 6.54 Å². The number of rotatable bonds is 6. The fourth-order valence-electron chi connectivity index (χ4n) is 2.83. The van der Waals surface area contributed by atoms with E-state index in [1.165, 1.54) is 12.1 Å². The number of hydrogen-bond acceptors (Lipinski definition) is 5. The van der Waals surface area contributed by atoms with Gasteiger partial charge in [-0.1, -0.05) is 12.1 Å². The first-order chi connectivity index (χ1) is 14.0. The van der Waals surface area contributed by atoms with Gasteiger partial charge in [-0.15, -0.1) is 0 Å². The number of fused-ring (bicyclic) bond motifs is 1. The molecule has 2 N–H and O–H groups in total. The molecule has 0 spiro atoms. The van der Waals surface area contributed by atoms with Crippen LogP contribution in [0.1, 0.15) is 12.6 Å². The molecule has 2 heterocycles. The van der Waals surface area contributed by atoms with Gasteiger partial charge in [0, 0.05) is 23.8 Å². The average molecular weight is 441 g/mol. The van der Waals surface area contributed by atoms with Crippen LogP contribution in [-0.4, -0.2) is 43.2 Å². The summed E-state index contributed by atoms with van der Waals surface area (Å²) in [5.74, 6) is -2.37. The van der Waals surface area contributed by atoms with Crippen LogP contribution < -0.4 is 4.72 Å². The smallest absolute Gasteiger partial charge is 0.455 e. The highest BCUT2D eigenvalue weighted by Gasteiger charge is 2.41. The molecule has 0 bridgehead atoms. The van der Waals surface area contributed by atoms with Crippen LogP contribution in [0.2, 0.25) is 0 Å². The van der Waals surface area contributed by atoms with E-state index in [0.717, 1.165) is 29.1 Å². The van der Waals surface area contributed by atoms with E-state index in [2.05, 4.69) is 19.4 Å². The second-order valence-electron chi connectivity index (χ2n) is 6.66. The molecule has 0 aliphatic carbocycles. The number of carbonyl (C=O) groups excluding carboxylic acids is 1. The van der Waals surface area contributed by atoms with E-state index in [1.807, 2.05) is 19.1 Å². The van der Waals surface area contributed by atoms with Crippen molar-refractivity contribution in [1.29, 1.82) is 0 Å². The number of ether oxygens (including phenoxy) is 1. The van der Waals surface area contributed by atoms with E-state index in [0.29, 0.717) is 5.65 Å². The summed E-state index contributed by atoms with van der Waals surface area (Å²) in [4.78, 5) is 18.1. The van der Waals surface area contributed by atoms with Gasteiger partial charge in [0.15, 0.2) is 0 Å². The van der Waals surface area contributed by atoms with Crippen molar-refractivity contribution >= 4 is 27.0 Å². The quantitative estimate of drug-likeness (QED) is 0.572. The summed E-state index contributed by atoms with van der Waals surface area (Å²) in [6.45, 7) is 2.56. The van der Waals surface area contributed by atoms with Crippen LogP contribution in [0.5, 0.6) is 0 Å². The summed E-state index contributed by atoms with van der Waals surface area (Å²) in [7, 11) is -4.01. The summed E-state index contributed by atoms with van der Waals surface area (Å²) in [5.41, 5.74) is 3.29. The van der Waals surface area contributed by atoms with Crippen molar-refractivity contribution < 1.29 is 31.1 Å². The maximum atomic E-state index is 12.4. The first-order valence-electron chi connectivity index (χ1n) is 8.79. The number of esters is 1. The van der Waals surface area contributed by atoms with Gasteiger partial charge in [0.05, 0.1) is 4.90 Å². The SMILES string of the molecule is Cc1cc2c(-c3ccc(S(=O)(=O)NC[C@@H](C)OC(=O)C(F)(F)F)cc3)ccnc2[nH]1. The highest BCUT2D eigenvalue weighted by atomic mass is 32.2. The number of carbonyl (C=O) groups is 1. The predicted molar refractivity (Wildman–Crippen MR) is 103 cm³/mol. The second kappa shape index (κ2) is 8.07. The number of aromatic nitrogens is 2. The summed E-state index contributed by atoms with van der Waals surface area (Å²) in [6.07, 6.45) is -4.79. The Bertz CT molecular complexity index is 1170. The number of benzene rings is 1. The maximum absolute atomic E-state index is 12.4. The normalized spacial score (nSPS) is 13.4. The van der Waals surface area contributed by atoms with Crippen LogP contribution in [0.25, 0.3) is 22.2 Å². The van der Waals surface area contributed by atoms with Crippen molar-refractivity contribution in [3.05, 3.63) is 48.3 Å². The second-order valence-corrected chi connectivity index (χ2v) is 8.43. The molecule has 0 unspecified atom stereocenters. The Hall–Kier alpha value is -2.92. The number of halogens is 3. The van der Waals surface area contributed by atoms with Gasteiger partial charge in [-0.05, 0) is 49.2 Å². The molecule has 30 heavy (non-hydrogen) atoms. The maximum Gasteiger partial charge on any atom is 0.490 e. The Balaban J connectivity index is 1.72. The fourth-order valence-corrected chi connectivity index (χ4v) is 3.94. The molecule has 0 amide bonds. The molecule has 1 atom stereocenters. The number of hydrogen-bond donors (Lipinski definition) is 2. The zero-order valence-electron chi connectivity index (χ0n) is 15.9. The van der Waals surface area contributed by atoms with Crippen LogP contribution in [0, 0.1) is 6.92 Å². The molecule has 2 aromatic heterocycles. The molecule has 0 saturated carbocycles. The number of aryl methyl sites for hydroxylation is 1. The Morgan fingerprint density at radius 3 is 2.53 bits per heavy atom. The number of nitrogens with one attached hydrogen (secondary N) is 2. The van der Waals surface area contributed by atoms with Crippen LogP contribution in [0.15, 0.2) is 47.5 Å². The van der Waals surface area contributed by atoms with E-state index in [4.69, 9.17) is 0 Å². The first kappa shape index (κ1) is 21.8. The minimum atomic E-state index is -5.14. The summed E-state index contributed by atoms with van der Waals surface area (Å²) < 4.78 is 67.7. The lowest BCUT2D eigenvalue weighted by atomic mass is 10.0. The number of alkyl halides is 3. The van der Waals surface area contributed by atoms with Crippen molar-refractivity contribution in [3.63, 3.8) is 0 Å². The molecule has 0 aliphatic heterocycles. The molecule has 3 aromatic rings. The van der Waals surface area contributed by atoms with E-state index < -0.39 is 34.8 Å². The van der Waals surface area contributed by atoms with Crippen LogP contribution in [-0.2, 0) is 19.6 Å². The van der Waals surface area contributed by atoms with E-state index in [1.54, 1.807) is 18.3 Å². The molecule has 1 aromatic carbocycles. The lowest BCUT2D eigenvalue weighted by molar-refractivity contribution is -0.203. The molecule has 0 aliphatic rings. The number of nitrogens with zero attached hydrogens (tertiary/aromatic N) is 1. The Labute approximate surface area is 170 Å². The van der Waals surface area contributed by atoms with E-state index in [9.17, 15) is 26.4 Å². The van der Waals surface area contributed by atoms with Crippen molar-refractivity contribution in [1.82, 2.24) is 14.7 Å². The molecule has 160 valence electrons. The topological polar surface area (TPSA) is 101 Å². The van der Waals surface area contributed by atoms with Gasteiger partial charge in [0.2, 0.25) is 10.0 Å². The van der Waals surface area contributed by atoms with Crippen molar-refractivity contribution in [3.8, 4) is 11.1 Å². The predicted octanol–water partition coefficient (Wildman–Crippen LogP) is 3.31. The largest absolute Gasteiger partial charge is 0.490 e. The minimum absolute atomic E-state index is 0.0730. The molecule has 0 radical (unpaired) electrons. The molecule has 0 fully saturated rings. The minimum Gasteiger partial charge on any atom is -0.455 e. The third-order valence-corrected chi connectivity index (χ3v) is 5.68. The van der Waals surface area contributed by atoms with Gasteiger partial charge in [0.25, 0.3) is 0 Å². The van der Waals surface area contributed by atoms with Crippen LogP contribution in [0.3, 0.4) is 0 Å². The molecule has 0 saturated heterocycles. The first-order valence-corrected chi connectivity index (χ1v) is 10.3. The standard InChI is InChI=1S/C19H18F3N3O4S/c1-11-9-16-15(7-8-23-17(16)25-11)13-3-5-14(6-4-13)30(27,28)24-10-12(2)29-18(26)19(20,21)22/h3-9,12,24H,10H2,1-2H3,(H,23,25)/t12-/m1/s1. The van der Waals surface area contributed by atoms with Crippen molar-refractivity contribution in [2.45, 2.75) is 31.0 Å². The monoisotopic (exact) mass is 441 g/mol. The van der Waals surface area contributed by atoms with E-state index in [-0.39, 0.29) is 4.90 Å². The number of pyridine rings is 1. The van der Waals surface area contributed by atoms with Crippen LogP contribution >= 0.6 is 0 Å². The van der Waals surface area contributed by atoms with Gasteiger partial charge >= 0.3 is 12.1 Å². The third-order valence-electron chi connectivity index (χ3n) is 4.24. The number of aromatic amines is 1. The van der Waals surface area contributed by atoms with Crippen LogP contribution in [0.4, 0.5) is 13.2 Å². The number of H-pyrrole nitrogens is 1. The summed E-state index contributed by atoms with van der Waals surface area (Å²) in [5, 5.41) is 0.893. The zero-order valence-corrected chi connectivity index (χ0v) is 16.8. The van der Waals surface area contributed by atoms with Gasteiger partial charge in [-0.2, -0.15) is 13.2 Å². The summed E-state index contributed by atoms with van der Waals surface area (Å²) >= 11 is 0. The third kappa shape index (κ3) is 4.79. The van der Waals surface area contributed by atoms with Crippen molar-refractivity contribution in [2.24, 2.45) is 0 Å². The Morgan fingerprint density at radius 1 is 1.23 bits per heavy atom. The van der Waals surface area contributed by atoms with Gasteiger partial charge in [-0.25, -0.2) is 22.9 Å². The molecule has 7 nitrogen and oxygen atoms in total. The van der Waals surface area contributed by atoms with Gasteiger partial charge < -0.3 is 9.72 Å². The molecule has 3 rings (SSSR count). The van der Waals surface area contributed by atoms with E-state index >= 15 is 0 Å². The Kier molecular flexibility index (Phi) is 5.86. The zero-order chi connectivity index (χ0) is 22.1.